The van der Waals surface area contributed by atoms with Gasteiger partial charge in [0.05, 0.1) is 0 Å². The molecule has 100 valence electrons. The summed E-state index contributed by atoms with van der Waals surface area (Å²) in [5.74, 6) is -1.39. The van der Waals surface area contributed by atoms with Gasteiger partial charge in [0.2, 0.25) is 0 Å². The maximum Gasteiger partial charge on any atom is 0.328 e. The maximum absolute atomic E-state index is 11.6. The van der Waals surface area contributed by atoms with Crippen LogP contribution < -0.4 is 10.6 Å². The molecule has 2 aromatic rings. The van der Waals surface area contributed by atoms with Crippen LogP contribution in [0.4, 0.5) is 4.79 Å². The molecule has 0 aliphatic heterocycles. The Bertz CT molecular complexity index is 573. The first kappa shape index (κ1) is 13.3. The van der Waals surface area contributed by atoms with Gasteiger partial charge in [-0.2, -0.15) is 0 Å². The summed E-state index contributed by atoms with van der Waals surface area (Å²) in [6.07, 6.45) is 2.84. The van der Waals surface area contributed by atoms with Gasteiger partial charge in [0.25, 0.3) is 11.8 Å². The average Bonchev–Trinajstić information content (AvgIpc) is 2.49. The molecule has 0 aliphatic carbocycles. The van der Waals surface area contributed by atoms with Crippen molar-refractivity contribution in [2.75, 3.05) is 0 Å². The number of nitrogens with zero attached hydrogens (tertiary/aromatic N) is 2. The van der Waals surface area contributed by atoms with E-state index >= 15 is 0 Å². The summed E-state index contributed by atoms with van der Waals surface area (Å²) < 4.78 is 0. The first-order valence-corrected chi connectivity index (χ1v) is 5.65. The third-order valence-corrected chi connectivity index (χ3v) is 2.25. The molecule has 2 rings (SSSR count). The van der Waals surface area contributed by atoms with Gasteiger partial charge < -0.3 is 0 Å². The Morgan fingerprint density at radius 1 is 0.750 bits per heavy atom. The van der Waals surface area contributed by atoms with Gasteiger partial charge >= 0.3 is 6.03 Å². The second-order valence-electron chi connectivity index (χ2n) is 3.67. The van der Waals surface area contributed by atoms with Gasteiger partial charge in [0.1, 0.15) is 11.4 Å². The minimum absolute atomic E-state index is 0.0768. The molecule has 2 heterocycles. The SMILES string of the molecule is O=C(NC(=O)c1ccccn1)NC(=O)c1ccccn1. The van der Waals surface area contributed by atoms with Gasteiger partial charge in [0, 0.05) is 12.4 Å². The molecule has 7 nitrogen and oxygen atoms in total. The zero-order valence-corrected chi connectivity index (χ0v) is 10.2. The highest BCUT2D eigenvalue weighted by molar-refractivity contribution is 6.10. The van der Waals surface area contributed by atoms with E-state index in [1.165, 1.54) is 24.5 Å². The summed E-state index contributed by atoms with van der Waals surface area (Å²) in [5.41, 5.74) is 0.154. The normalized spacial score (nSPS) is 9.60. The van der Waals surface area contributed by atoms with Crippen molar-refractivity contribution in [3.63, 3.8) is 0 Å². The summed E-state index contributed by atoms with van der Waals surface area (Å²) in [7, 11) is 0. The Balaban J connectivity index is 1.93. The van der Waals surface area contributed by atoms with Crippen molar-refractivity contribution in [2.45, 2.75) is 0 Å². The van der Waals surface area contributed by atoms with Gasteiger partial charge in [-0.1, -0.05) is 12.1 Å². The number of hydrogen-bond acceptors (Lipinski definition) is 5. The Morgan fingerprint density at radius 2 is 1.20 bits per heavy atom. The van der Waals surface area contributed by atoms with Crippen LogP contribution in [0.25, 0.3) is 0 Å². The van der Waals surface area contributed by atoms with E-state index < -0.39 is 17.8 Å². The fourth-order valence-electron chi connectivity index (χ4n) is 1.36. The van der Waals surface area contributed by atoms with Crippen molar-refractivity contribution >= 4 is 17.8 Å². The van der Waals surface area contributed by atoms with Crippen LogP contribution in [-0.2, 0) is 0 Å². The van der Waals surface area contributed by atoms with Crippen molar-refractivity contribution in [1.82, 2.24) is 20.6 Å². The lowest BCUT2D eigenvalue weighted by Gasteiger charge is -2.04. The van der Waals surface area contributed by atoms with Crippen LogP contribution in [0.3, 0.4) is 0 Å². The highest BCUT2D eigenvalue weighted by Gasteiger charge is 2.14. The highest BCUT2D eigenvalue weighted by Crippen LogP contribution is 1.94. The molecule has 7 heteroatoms. The lowest BCUT2D eigenvalue weighted by atomic mass is 10.3. The van der Waals surface area contributed by atoms with Crippen LogP contribution in [0.15, 0.2) is 48.8 Å². The standard InChI is InChI=1S/C13H10N4O3/c18-11(9-5-1-3-7-14-9)16-13(20)17-12(19)10-6-2-4-8-15-10/h1-8H,(H2,16,17,18,19,20). The first-order chi connectivity index (χ1) is 9.66. The van der Waals surface area contributed by atoms with Crippen LogP contribution in [0.5, 0.6) is 0 Å². The Labute approximate surface area is 114 Å². The second-order valence-corrected chi connectivity index (χ2v) is 3.67. The third kappa shape index (κ3) is 3.45. The number of carbonyl (C=O) groups is 3. The largest absolute Gasteiger partial charge is 0.328 e. The van der Waals surface area contributed by atoms with E-state index in [-0.39, 0.29) is 11.4 Å². The highest BCUT2D eigenvalue weighted by atomic mass is 16.2. The lowest BCUT2D eigenvalue weighted by Crippen LogP contribution is -2.42. The lowest BCUT2D eigenvalue weighted by molar-refractivity contribution is 0.0939. The molecule has 0 atom stereocenters. The van der Waals surface area contributed by atoms with E-state index in [9.17, 15) is 14.4 Å². The number of amides is 4. The van der Waals surface area contributed by atoms with E-state index in [1.807, 2.05) is 10.6 Å². The molecule has 2 N–H and O–H groups in total. The Morgan fingerprint density at radius 3 is 1.55 bits per heavy atom. The zero-order valence-electron chi connectivity index (χ0n) is 10.2. The molecular formula is C13H10N4O3. The molecule has 4 amide bonds. The van der Waals surface area contributed by atoms with Crippen LogP contribution in [0, 0.1) is 0 Å². The molecule has 0 unspecified atom stereocenters. The van der Waals surface area contributed by atoms with Crippen molar-refractivity contribution in [2.24, 2.45) is 0 Å². The van der Waals surface area contributed by atoms with Gasteiger partial charge in [0.15, 0.2) is 0 Å². The predicted molar refractivity (Wildman–Crippen MR) is 68.8 cm³/mol. The predicted octanol–water partition coefficient (Wildman–Crippen LogP) is 0.756. The van der Waals surface area contributed by atoms with Crippen LogP contribution in [-0.4, -0.2) is 27.8 Å². The fraction of sp³-hybridized carbons (Fsp3) is 0. The molecule has 0 radical (unpaired) electrons. The van der Waals surface area contributed by atoms with Gasteiger partial charge in [-0.05, 0) is 24.3 Å². The Hall–Kier alpha value is -3.09. The van der Waals surface area contributed by atoms with Gasteiger partial charge in [-0.25, -0.2) is 4.79 Å². The zero-order chi connectivity index (χ0) is 14.4. The molecule has 2 aromatic heterocycles. The molecule has 0 aliphatic rings. The van der Waals surface area contributed by atoms with Crippen molar-refractivity contribution in [1.29, 1.82) is 0 Å². The summed E-state index contributed by atoms with van der Waals surface area (Å²) in [6, 6.07) is 8.46. The number of aromatic nitrogens is 2. The van der Waals surface area contributed by atoms with Crippen molar-refractivity contribution < 1.29 is 14.4 Å². The topological polar surface area (TPSA) is 101 Å². The number of imide groups is 2. The number of pyridine rings is 2. The molecule has 20 heavy (non-hydrogen) atoms. The minimum Gasteiger partial charge on any atom is -0.272 e. The molecule has 0 saturated heterocycles. The average molecular weight is 270 g/mol. The van der Waals surface area contributed by atoms with E-state index in [1.54, 1.807) is 24.3 Å². The summed E-state index contributed by atoms with van der Waals surface area (Å²) in [5, 5.41) is 3.99. The second kappa shape index (κ2) is 6.19. The maximum atomic E-state index is 11.6. The summed E-state index contributed by atoms with van der Waals surface area (Å²) >= 11 is 0. The molecule has 0 spiro atoms. The van der Waals surface area contributed by atoms with Gasteiger partial charge in [-0.3, -0.25) is 30.2 Å². The summed E-state index contributed by atoms with van der Waals surface area (Å²) in [6.45, 7) is 0. The van der Waals surface area contributed by atoms with E-state index in [4.69, 9.17) is 0 Å². The minimum atomic E-state index is -0.934. The molecule has 0 fully saturated rings. The smallest absolute Gasteiger partial charge is 0.272 e. The number of urea groups is 1. The Kier molecular flexibility index (Phi) is 4.13. The first-order valence-electron chi connectivity index (χ1n) is 5.65. The van der Waals surface area contributed by atoms with Gasteiger partial charge in [-0.15, -0.1) is 0 Å². The summed E-state index contributed by atoms with van der Waals surface area (Å²) in [4.78, 5) is 42.3. The van der Waals surface area contributed by atoms with E-state index in [2.05, 4.69) is 9.97 Å². The molecule has 0 saturated carbocycles. The fourth-order valence-corrected chi connectivity index (χ4v) is 1.36. The van der Waals surface area contributed by atoms with Crippen LogP contribution in [0.2, 0.25) is 0 Å². The van der Waals surface area contributed by atoms with Crippen molar-refractivity contribution in [3.05, 3.63) is 60.2 Å². The molecule has 0 bridgehead atoms. The monoisotopic (exact) mass is 270 g/mol. The van der Waals surface area contributed by atoms with Crippen molar-refractivity contribution in [3.8, 4) is 0 Å². The van der Waals surface area contributed by atoms with E-state index in [0.717, 1.165) is 0 Å². The number of hydrogen-bond donors (Lipinski definition) is 2. The van der Waals surface area contributed by atoms with E-state index in [0.29, 0.717) is 0 Å². The molecular weight excluding hydrogens is 260 g/mol. The number of nitrogens with one attached hydrogen (secondary N) is 2. The van der Waals surface area contributed by atoms with Crippen LogP contribution in [0.1, 0.15) is 21.0 Å². The quantitative estimate of drug-likeness (QED) is 0.838. The van der Waals surface area contributed by atoms with Crippen LogP contribution >= 0.6 is 0 Å². The number of rotatable bonds is 2. The number of carbonyl (C=O) groups excluding carboxylic acids is 3. The molecule has 0 aromatic carbocycles. The third-order valence-electron chi connectivity index (χ3n) is 2.25.